The van der Waals surface area contributed by atoms with Gasteiger partial charge in [-0.15, -0.1) is 0 Å². The maximum Gasteiger partial charge on any atom is 0.167 e. The summed E-state index contributed by atoms with van der Waals surface area (Å²) in [6.45, 7) is 3.83. The number of benzene rings is 3. The summed E-state index contributed by atoms with van der Waals surface area (Å²) in [6, 6.07) is 27.5. The zero-order chi connectivity index (χ0) is 23.2. The first-order valence-corrected chi connectivity index (χ1v) is 12.1. The summed E-state index contributed by atoms with van der Waals surface area (Å²) >= 11 is 0. The molecule has 0 bridgehead atoms. The van der Waals surface area contributed by atoms with E-state index in [1.54, 1.807) is 7.11 Å². The Morgan fingerprint density at radius 3 is 2.65 bits per heavy atom. The highest BCUT2D eigenvalue weighted by molar-refractivity contribution is 5.79. The molecule has 2 heterocycles. The Morgan fingerprint density at radius 2 is 1.82 bits per heavy atom. The highest BCUT2D eigenvalue weighted by Crippen LogP contribution is 2.33. The molecule has 5 rings (SSSR count). The number of piperidine rings is 1. The van der Waals surface area contributed by atoms with Crippen molar-refractivity contribution < 1.29 is 14.0 Å². The van der Waals surface area contributed by atoms with Gasteiger partial charge in [-0.05, 0) is 74.8 Å². The molecule has 4 aromatic rings. The van der Waals surface area contributed by atoms with Gasteiger partial charge in [0.1, 0.15) is 0 Å². The third kappa shape index (κ3) is 5.10. The van der Waals surface area contributed by atoms with Gasteiger partial charge in [0.05, 0.1) is 19.4 Å². The molecular formula is C29H31N2O3. The number of rotatable bonds is 9. The summed E-state index contributed by atoms with van der Waals surface area (Å²) in [5.74, 6) is 2.27. The minimum atomic E-state index is 0.312. The Morgan fingerprint density at radius 1 is 1.03 bits per heavy atom. The number of ether oxygens (including phenoxy) is 2. The second kappa shape index (κ2) is 10.7. The summed E-state index contributed by atoms with van der Waals surface area (Å²) in [6.07, 6.45) is 3.27. The lowest BCUT2D eigenvalue weighted by molar-refractivity contribution is 0.191. The number of hydrogen-bond acceptors (Lipinski definition) is 5. The zero-order valence-corrected chi connectivity index (χ0v) is 19.7. The predicted molar refractivity (Wildman–Crippen MR) is 134 cm³/mol. The summed E-state index contributed by atoms with van der Waals surface area (Å²) in [7, 11) is 1.66. The average Bonchev–Trinajstić information content (AvgIpc) is 3.34. The molecule has 0 aliphatic carbocycles. The maximum atomic E-state index is 6.21. The van der Waals surface area contributed by atoms with Crippen molar-refractivity contribution >= 4 is 11.0 Å². The molecule has 1 unspecified atom stereocenters. The van der Waals surface area contributed by atoms with Gasteiger partial charge in [0.2, 0.25) is 0 Å². The van der Waals surface area contributed by atoms with Crippen LogP contribution in [0.1, 0.15) is 42.4 Å². The molecule has 34 heavy (non-hydrogen) atoms. The molecule has 1 atom stereocenters. The van der Waals surface area contributed by atoms with E-state index < -0.39 is 0 Å². The number of hydrogen-bond donors (Lipinski definition) is 0. The molecule has 0 saturated carbocycles. The van der Waals surface area contributed by atoms with Crippen LogP contribution in [0, 0.1) is 6.07 Å². The van der Waals surface area contributed by atoms with Crippen LogP contribution in [0.3, 0.4) is 0 Å². The summed E-state index contributed by atoms with van der Waals surface area (Å²) in [5.41, 5.74) is 3.33. The summed E-state index contributed by atoms with van der Waals surface area (Å²) < 4.78 is 17.2. The van der Waals surface area contributed by atoms with E-state index >= 15 is 0 Å². The van der Waals surface area contributed by atoms with Gasteiger partial charge in [-0.25, -0.2) is 0 Å². The van der Waals surface area contributed by atoms with Crippen LogP contribution in [0.5, 0.6) is 11.5 Å². The number of likely N-dealkylation sites (tertiary alicyclic amines) is 1. The van der Waals surface area contributed by atoms with Crippen molar-refractivity contribution in [2.24, 2.45) is 0 Å². The van der Waals surface area contributed by atoms with Crippen molar-refractivity contribution in [3.8, 4) is 11.5 Å². The fourth-order valence-electron chi connectivity index (χ4n) is 4.91. The lowest BCUT2D eigenvalue weighted by atomic mass is 9.91. The standard InChI is InChI=1S/C29H31N2O3/c1-32-27-13-7-8-14-28(27)33-21-24(22-9-3-2-4-10-22)17-20-31-18-15-23(16-19-31)29-25-11-5-6-12-26(25)34-30-29/h2-6,8-14,23-24H,15-21H2,1H3. The third-order valence-electron chi connectivity index (χ3n) is 6.89. The molecule has 5 heteroatoms. The topological polar surface area (TPSA) is 47.7 Å². The third-order valence-corrected chi connectivity index (χ3v) is 6.89. The van der Waals surface area contributed by atoms with Crippen molar-refractivity contribution in [3.63, 3.8) is 0 Å². The molecule has 1 saturated heterocycles. The fraction of sp³-hybridized carbons (Fsp3) is 0.345. The molecule has 5 nitrogen and oxygen atoms in total. The average molecular weight is 456 g/mol. The Kier molecular flexibility index (Phi) is 7.10. The highest BCUT2D eigenvalue weighted by Gasteiger charge is 2.25. The largest absolute Gasteiger partial charge is 0.493 e. The quantitative estimate of drug-likeness (QED) is 0.307. The number of nitrogens with zero attached hydrogens (tertiary/aromatic N) is 2. The highest BCUT2D eigenvalue weighted by atomic mass is 16.5. The van der Waals surface area contributed by atoms with E-state index in [1.165, 1.54) is 5.56 Å². The van der Waals surface area contributed by atoms with Crippen molar-refractivity contribution in [3.05, 3.63) is 90.1 Å². The van der Waals surface area contributed by atoms with E-state index in [0.717, 1.165) is 67.1 Å². The van der Waals surface area contributed by atoms with Crippen LogP contribution in [-0.4, -0.2) is 43.4 Å². The molecule has 1 aliphatic rings. The Balaban J connectivity index is 1.19. The fourth-order valence-corrected chi connectivity index (χ4v) is 4.91. The number of fused-ring (bicyclic) bond motifs is 1. The van der Waals surface area contributed by atoms with Crippen LogP contribution < -0.4 is 9.47 Å². The van der Waals surface area contributed by atoms with E-state index in [-0.39, 0.29) is 0 Å². The lowest BCUT2D eigenvalue weighted by Crippen LogP contribution is -2.34. The number of para-hydroxylation sites is 1. The van der Waals surface area contributed by atoms with Gasteiger partial charge >= 0.3 is 0 Å². The second-order valence-electron chi connectivity index (χ2n) is 8.96. The van der Waals surface area contributed by atoms with Gasteiger partial charge in [-0.1, -0.05) is 53.7 Å². The maximum absolute atomic E-state index is 6.21. The van der Waals surface area contributed by atoms with Gasteiger partial charge in [0.25, 0.3) is 0 Å². The molecule has 0 N–H and O–H groups in total. The molecule has 175 valence electrons. The Hall–Kier alpha value is -3.31. The van der Waals surface area contributed by atoms with Gasteiger partial charge in [0, 0.05) is 17.2 Å². The van der Waals surface area contributed by atoms with Crippen molar-refractivity contribution in [2.75, 3.05) is 33.4 Å². The molecule has 3 aromatic carbocycles. The summed E-state index contributed by atoms with van der Waals surface area (Å²) in [5, 5.41) is 5.57. The van der Waals surface area contributed by atoms with Crippen molar-refractivity contribution in [2.45, 2.75) is 31.1 Å². The molecular weight excluding hydrogens is 424 g/mol. The normalized spacial score (nSPS) is 15.9. The van der Waals surface area contributed by atoms with Crippen LogP contribution in [-0.2, 0) is 0 Å². The van der Waals surface area contributed by atoms with Crippen LogP contribution in [0.25, 0.3) is 11.0 Å². The Bertz CT molecular complexity index is 1180. The molecule has 1 radical (unpaired) electrons. The molecule has 1 aliphatic heterocycles. The second-order valence-corrected chi connectivity index (χ2v) is 8.96. The molecule has 1 aromatic heterocycles. The van der Waals surface area contributed by atoms with Gasteiger partial charge < -0.3 is 18.9 Å². The van der Waals surface area contributed by atoms with Crippen LogP contribution >= 0.6 is 0 Å². The van der Waals surface area contributed by atoms with Crippen LogP contribution in [0.4, 0.5) is 0 Å². The lowest BCUT2D eigenvalue weighted by Gasteiger charge is -2.32. The first-order chi connectivity index (χ1) is 16.8. The smallest absolute Gasteiger partial charge is 0.167 e. The monoisotopic (exact) mass is 455 g/mol. The molecule has 1 fully saturated rings. The predicted octanol–water partition coefficient (Wildman–Crippen LogP) is 6.07. The van der Waals surface area contributed by atoms with Gasteiger partial charge in [0.15, 0.2) is 17.1 Å². The van der Waals surface area contributed by atoms with E-state index in [1.807, 2.05) is 30.3 Å². The van der Waals surface area contributed by atoms with E-state index in [9.17, 15) is 0 Å². The van der Waals surface area contributed by atoms with Gasteiger partial charge in [-0.2, -0.15) is 0 Å². The first kappa shape index (κ1) is 22.5. The zero-order valence-electron chi connectivity index (χ0n) is 19.7. The Labute approximate surface area is 201 Å². The minimum absolute atomic E-state index is 0.312. The molecule has 0 spiro atoms. The first-order valence-electron chi connectivity index (χ1n) is 12.1. The SMILES string of the molecule is COc1c[c]ccc1OCC(CCN1CCC(c2noc3ccccc23)CC1)c1ccccc1. The van der Waals surface area contributed by atoms with E-state index in [0.29, 0.717) is 18.4 Å². The van der Waals surface area contributed by atoms with E-state index in [4.69, 9.17) is 14.0 Å². The number of aromatic nitrogens is 1. The number of methoxy groups -OCH3 is 1. The van der Waals surface area contributed by atoms with Crippen LogP contribution in [0.2, 0.25) is 0 Å². The van der Waals surface area contributed by atoms with Crippen molar-refractivity contribution in [1.82, 2.24) is 10.1 Å². The minimum Gasteiger partial charge on any atom is -0.493 e. The van der Waals surface area contributed by atoms with E-state index in [2.05, 4.69) is 58.6 Å². The van der Waals surface area contributed by atoms with Crippen molar-refractivity contribution in [1.29, 1.82) is 0 Å². The van der Waals surface area contributed by atoms with Crippen LogP contribution in [0.15, 0.2) is 77.3 Å². The van der Waals surface area contributed by atoms with Gasteiger partial charge in [-0.3, -0.25) is 0 Å². The molecule has 0 amide bonds. The summed E-state index contributed by atoms with van der Waals surface area (Å²) in [4.78, 5) is 2.58.